The Balaban J connectivity index is 1.66. The van der Waals surface area contributed by atoms with E-state index in [1.165, 1.54) is 34.4 Å². The van der Waals surface area contributed by atoms with E-state index in [9.17, 15) is 4.79 Å². The summed E-state index contributed by atoms with van der Waals surface area (Å²) in [6.07, 6.45) is 0. The molecule has 0 aliphatic rings. The SMILES string of the molecule is Cc1nnc(SC(C)C(=O)Nc2nc(-c3ccccc3Cl)cs2)s1. The number of thiazole rings is 1. The number of hydrogen-bond donors (Lipinski definition) is 1. The van der Waals surface area contributed by atoms with Crippen LogP contribution in [0.3, 0.4) is 0 Å². The standard InChI is InChI=1S/C15H13ClN4OS3/c1-8(23-15-20-19-9(2)24-15)13(21)18-14-17-12(7-22-14)10-5-3-4-6-11(10)16/h3-8H,1-2H3,(H,17,18,21). The maximum atomic E-state index is 12.3. The minimum absolute atomic E-state index is 0.118. The summed E-state index contributed by atoms with van der Waals surface area (Å²) in [5.41, 5.74) is 1.60. The highest BCUT2D eigenvalue weighted by Crippen LogP contribution is 2.31. The molecule has 124 valence electrons. The molecule has 0 saturated heterocycles. The van der Waals surface area contributed by atoms with Crippen LogP contribution in [0.15, 0.2) is 34.0 Å². The van der Waals surface area contributed by atoms with Gasteiger partial charge in [-0.05, 0) is 19.9 Å². The minimum atomic E-state index is -0.287. The average molecular weight is 397 g/mol. The van der Waals surface area contributed by atoms with Gasteiger partial charge in [-0.25, -0.2) is 4.98 Å². The van der Waals surface area contributed by atoms with Gasteiger partial charge in [0.2, 0.25) is 5.91 Å². The monoisotopic (exact) mass is 396 g/mol. The molecule has 24 heavy (non-hydrogen) atoms. The number of carbonyl (C=O) groups is 1. The number of benzene rings is 1. The molecule has 9 heteroatoms. The first kappa shape index (κ1) is 17.3. The summed E-state index contributed by atoms with van der Waals surface area (Å²) < 4.78 is 0.783. The second kappa shape index (κ2) is 7.60. The number of carbonyl (C=O) groups excluding carboxylic acids is 1. The molecule has 1 atom stereocenters. The van der Waals surface area contributed by atoms with Crippen molar-refractivity contribution in [2.75, 3.05) is 5.32 Å². The zero-order valence-electron chi connectivity index (χ0n) is 12.8. The summed E-state index contributed by atoms with van der Waals surface area (Å²) in [5.74, 6) is -0.118. The topological polar surface area (TPSA) is 67.8 Å². The fraction of sp³-hybridized carbons (Fsp3) is 0.200. The van der Waals surface area contributed by atoms with Gasteiger partial charge >= 0.3 is 0 Å². The number of thioether (sulfide) groups is 1. The number of rotatable bonds is 5. The molecule has 2 heterocycles. The number of aryl methyl sites for hydroxylation is 1. The third-order valence-electron chi connectivity index (χ3n) is 3.04. The highest BCUT2D eigenvalue weighted by atomic mass is 35.5. The lowest BCUT2D eigenvalue weighted by atomic mass is 10.2. The maximum Gasteiger partial charge on any atom is 0.239 e. The fourth-order valence-corrected chi connectivity index (χ4v) is 4.77. The third kappa shape index (κ3) is 4.13. The van der Waals surface area contributed by atoms with Crippen LogP contribution >= 0.6 is 46.0 Å². The van der Waals surface area contributed by atoms with Crippen LogP contribution in [-0.4, -0.2) is 26.3 Å². The van der Waals surface area contributed by atoms with Crippen LogP contribution in [0.1, 0.15) is 11.9 Å². The number of nitrogens with one attached hydrogen (secondary N) is 1. The first-order chi connectivity index (χ1) is 11.5. The molecule has 3 rings (SSSR count). The Kier molecular flexibility index (Phi) is 5.50. The van der Waals surface area contributed by atoms with E-state index in [4.69, 9.17) is 11.6 Å². The molecule has 0 aliphatic heterocycles. The van der Waals surface area contributed by atoms with Crippen molar-refractivity contribution in [3.63, 3.8) is 0 Å². The van der Waals surface area contributed by atoms with Crippen LogP contribution in [0, 0.1) is 6.92 Å². The second-order valence-corrected chi connectivity index (χ2v) is 8.89. The van der Waals surface area contributed by atoms with Crippen molar-refractivity contribution in [1.29, 1.82) is 0 Å². The summed E-state index contributed by atoms with van der Waals surface area (Å²) in [6.45, 7) is 3.72. The van der Waals surface area contributed by atoms with E-state index in [2.05, 4.69) is 20.5 Å². The van der Waals surface area contributed by atoms with E-state index in [1.807, 2.05) is 43.5 Å². The summed E-state index contributed by atoms with van der Waals surface area (Å²) in [7, 11) is 0. The average Bonchev–Trinajstić information content (AvgIpc) is 3.17. The lowest BCUT2D eigenvalue weighted by Crippen LogP contribution is -2.22. The van der Waals surface area contributed by atoms with Crippen LogP contribution in [0.4, 0.5) is 5.13 Å². The molecular weight excluding hydrogens is 384 g/mol. The molecule has 0 fully saturated rings. The molecule has 0 aliphatic carbocycles. The molecule has 5 nitrogen and oxygen atoms in total. The van der Waals surface area contributed by atoms with Gasteiger partial charge in [0, 0.05) is 16.0 Å². The van der Waals surface area contributed by atoms with Crippen molar-refractivity contribution in [3.05, 3.63) is 39.7 Å². The van der Waals surface area contributed by atoms with E-state index < -0.39 is 0 Å². The second-order valence-electron chi connectivity index (χ2n) is 4.85. The molecular formula is C15H13ClN4OS3. The van der Waals surface area contributed by atoms with E-state index >= 15 is 0 Å². The fourth-order valence-electron chi connectivity index (χ4n) is 1.86. The lowest BCUT2D eigenvalue weighted by molar-refractivity contribution is -0.115. The van der Waals surface area contributed by atoms with Crippen LogP contribution in [0.2, 0.25) is 5.02 Å². The number of amides is 1. The minimum Gasteiger partial charge on any atom is -0.301 e. The van der Waals surface area contributed by atoms with Crippen molar-refractivity contribution in [2.45, 2.75) is 23.4 Å². The summed E-state index contributed by atoms with van der Waals surface area (Å²) >= 11 is 10.4. The van der Waals surface area contributed by atoms with Gasteiger partial charge in [-0.3, -0.25) is 4.79 Å². The van der Waals surface area contributed by atoms with Crippen molar-refractivity contribution in [3.8, 4) is 11.3 Å². The quantitative estimate of drug-likeness (QED) is 0.630. The number of nitrogens with zero attached hydrogens (tertiary/aromatic N) is 3. The van der Waals surface area contributed by atoms with E-state index in [1.54, 1.807) is 0 Å². The number of halogens is 1. The summed E-state index contributed by atoms with van der Waals surface area (Å²) in [4.78, 5) is 16.7. The Morgan fingerprint density at radius 3 is 2.83 bits per heavy atom. The van der Waals surface area contributed by atoms with Crippen LogP contribution in [0.5, 0.6) is 0 Å². The van der Waals surface area contributed by atoms with Crippen LogP contribution in [-0.2, 0) is 4.79 Å². The summed E-state index contributed by atoms with van der Waals surface area (Å²) in [5, 5.41) is 14.5. The van der Waals surface area contributed by atoms with Gasteiger partial charge in [0.1, 0.15) is 5.01 Å². The van der Waals surface area contributed by atoms with Crippen molar-refractivity contribution >= 4 is 57.1 Å². The molecule has 1 N–H and O–H groups in total. The zero-order chi connectivity index (χ0) is 17.1. The number of hydrogen-bond acceptors (Lipinski definition) is 7. The molecule has 0 bridgehead atoms. The molecule has 0 saturated carbocycles. The number of anilines is 1. The first-order valence-corrected chi connectivity index (χ1v) is 9.96. The Bertz CT molecular complexity index is 864. The Hall–Kier alpha value is -1.48. The Morgan fingerprint density at radius 1 is 1.33 bits per heavy atom. The van der Waals surface area contributed by atoms with E-state index in [0.717, 1.165) is 20.6 Å². The maximum absolute atomic E-state index is 12.3. The van der Waals surface area contributed by atoms with E-state index in [-0.39, 0.29) is 11.2 Å². The molecule has 1 unspecified atom stereocenters. The Labute approximate surface area is 156 Å². The van der Waals surface area contributed by atoms with Gasteiger partial charge in [-0.15, -0.1) is 21.5 Å². The molecule has 3 aromatic rings. The predicted molar refractivity (Wildman–Crippen MR) is 101 cm³/mol. The normalized spacial score (nSPS) is 12.1. The molecule has 2 aromatic heterocycles. The van der Waals surface area contributed by atoms with Gasteiger partial charge < -0.3 is 5.32 Å². The highest BCUT2D eigenvalue weighted by Gasteiger charge is 2.18. The van der Waals surface area contributed by atoms with E-state index in [0.29, 0.717) is 10.2 Å². The molecule has 1 aromatic carbocycles. The molecule has 0 radical (unpaired) electrons. The van der Waals surface area contributed by atoms with Crippen LogP contribution in [0.25, 0.3) is 11.3 Å². The Morgan fingerprint density at radius 2 is 2.12 bits per heavy atom. The summed E-state index contributed by atoms with van der Waals surface area (Å²) in [6, 6.07) is 7.49. The third-order valence-corrected chi connectivity index (χ3v) is 6.15. The number of aromatic nitrogens is 3. The van der Waals surface area contributed by atoms with Gasteiger partial charge in [0.05, 0.1) is 10.9 Å². The largest absolute Gasteiger partial charge is 0.301 e. The predicted octanol–water partition coefficient (Wildman–Crippen LogP) is 4.74. The van der Waals surface area contributed by atoms with Crippen LogP contribution < -0.4 is 5.32 Å². The van der Waals surface area contributed by atoms with Gasteiger partial charge in [0.25, 0.3) is 0 Å². The molecule has 1 amide bonds. The van der Waals surface area contributed by atoms with Gasteiger partial charge in [0.15, 0.2) is 9.47 Å². The van der Waals surface area contributed by atoms with Gasteiger partial charge in [-0.2, -0.15) is 0 Å². The smallest absolute Gasteiger partial charge is 0.239 e. The van der Waals surface area contributed by atoms with Crippen molar-refractivity contribution in [1.82, 2.24) is 15.2 Å². The zero-order valence-corrected chi connectivity index (χ0v) is 16.0. The molecule has 0 spiro atoms. The first-order valence-electron chi connectivity index (χ1n) is 7.01. The van der Waals surface area contributed by atoms with Gasteiger partial charge in [-0.1, -0.05) is 52.9 Å². The lowest BCUT2D eigenvalue weighted by Gasteiger charge is -2.07. The van der Waals surface area contributed by atoms with Crippen molar-refractivity contribution in [2.24, 2.45) is 0 Å². The van der Waals surface area contributed by atoms with Crippen molar-refractivity contribution < 1.29 is 4.79 Å². The highest BCUT2D eigenvalue weighted by molar-refractivity contribution is 8.02.